The Morgan fingerprint density at radius 2 is 1.89 bits per heavy atom. The van der Waals surface area contributed by atoms with E-state index in [9.17, 15) is 9.90 Å². The van der Waals surface area contributed by atoms with Crippen LogP contribution in [0, 0.1) is 13.8 Å². The third-order valence-electron chi connectivity index (χ3n) is 2.44. The van der Waals surface area contributed by atoms with Gasteiger partial charge in [0.15, 0.2) is 12.4 Å². The zero-order valence-corrected chi connectivity index (χ0v) is 10.8. The van der Waals surface area contributed by atoms with Gasteiger partial charge in [0, 0.05) is 6.07 Å². The number of pyridine rings is 1. The van der Waals surface area contributed by atoms with Gasteiger partial charge in [0.05, 0.1) is 11.3 Å². The standard InChI is InChI=1S/C9H10O3.C5H6N2/c1-5-3-7(9(11)12)4-6(2)8(5)10;6-5-2-1-3-7-4-5/h3-4,10H,1-2H3,(H,11,12);1-4H,6H2. The number of aromatic amines is 1. The molecule has 19 heavy (non-hydrogen) atoms. The number of anilines is 1. The first-order valence-corrected chi connectivity index (χ1v) is 5.65. The normalized spacial score (nSPS) is 9.37. The number of nitrogens with two attached hydrogens (primary N) is 1. The van der Waals surface area contributed by atoms with E-state index in [0.29, 0.717) is 11.1 Å². The fourth-order valence-electron chi connectivity index (χ4n) is 1.48. The second-order valence-electron chi connectivity index (χ2n) is 4.08. The number of benzene rings is 1. The maximum Gasteiger partial charge on any atom is 0.335 e. The van der Waals surface area contributed by atoms with E-state index >= 15 is 0 Å². The average Bonchev–Trinajstić information content (AvgIpc) is 2.37. The van der Waals surface area contributed by atoms with Crippen molar-refractivity contribution < 1.29 is 20.0 Å². The summed E-state index contributed by atoms with van der Waals surface area (Å²) >= 11 is 0. The molecular formula is C14H16N2O3. The lowest BCUT2D eigenvalue weighted by Crippen LogP contribution is -2.02. The molecular weight excluding hydrogens is 244 g/mol. The Labute approximate surface area is 111 Å². The molecule has 0 atom stereocenters. The van der Waals surface area contributed by atoms with Crippen LogP contribution in [-0.2, 0) is 0 Å². The summed E-state index contributed by atoms with van der Waals surface area (Å²) in [6.45, 7) is 3.23. The smallest absolute Gasteiger partial charge is 0.335 e. The number of nitrogens with one attached hydrogen (secondary N) is 1. The van der Waals surface area contributed by atoms with Crippen LogP contribution in [0.4, 0.5) is 5.69 Å². The third kappa shape index (κ3) is 4.31. The lowest BCUT2D eigenvalue weighted by molar-refractivity contribution is -0.377. The van der Waals surface area contributed by atoms with Gasteiger partial charge in [-0.15, -0.1) is 5.75 Å². The number of aryl methyl sites for hydroxylation is 2. The lowest BCUT2D eigenvalue weighted by Gasteiger charge is -2.14. The molecule has 2 rings (SSSR count). The van der Waals surface area contributed by atoms with Gasteiger partial charge in [-0.25, -0.2) is 9.78 Å². The molecule has 0 spiro atoms. The van der Waals surface area contributed by atoms with Crippen molar-refractivity contribution in [2.24, 2.45) is 0 Å². The summed E-state index contributed by atoms with van der Waals surface area (Å²) in [6.07, 6.45) is 3.55. The van der Waals surface area contributed by atoms with E-state index in [4.69, 9.17) is 10.8 Å². The van der Waals surface area contributed by atoms with Crippen LogP contribution in [-0.4, -0.2) is 11.1 Å². The van der Waals surface area contributed by atoms with Crippen LogP contribution in [0.3, 0.4) is 0 Å². The van der Waals surface area contributed by atoms with E-state index in [2.05, 4.69) is 4.98 Å². The summed E-state index contributed by atoms with van der Waals surface area (Å²) in [6, 6.07) is 6.46. The Bertz CT molecular complexity index is 545. The molecule has 4 N–H and O–H groups in total. The molecule has 1 aromatic heterocycles. The third-order valence-corrected chi connectivity index (χ3v) is 2.44. The van der Waals surface area contributed by atoms with Crippen LogP contribution in [0.15, 0.2) is 36.7 Å². The van der Waals surface area contributed by atoms with Crippen LogP contribution in [0.5, 0.6) is 5.75 Å². The molecule has 0 radical (unpaired) electrons. The Hall–Kier alpha value is -2.56. The van der Waals surface area contributed by atoms with E-state index < -0.39 is 5.97 Å². The van der Waals surface area contributed by atoms with E-state index in [0.717, 1.165) is 5.69 Å². The van der Waals surface area contributed by atoms with Crippen LogP contribution < -0.4 is 15.8 Å². The highest BCUT2D eigenvalue weighted by atomic mass is 16.4. The second-order valence-corrected chi connectivity index (χ2v) is 4.08. The van der Waals surface area contributed by atoms with Gasteiger partial charge in [0.1, 0.15) is 0 Å². The maximum absolute atomic E-state index is 11.2. The highest BCUT2D eigenvalue weighted by molar-refractivity contribution is 5.88. The maximum atomic E-state index is 11.2. The molecule has 0 amide bonds. The predicted octanol–water partition coefficient (Wildman–Crippen LogP) is 1.16. The van der Waals surface area contributed by atoms with E-state index in [1.807, 2.05) is 18.3 Å². The van der Waals surface area contributed by atoms with Crippen LogP contribution in [0.1, 0.15) is 21.5 Å². The Morgan fingerprint density at radius 3 is 2.21 bits per heavy atom. The minimum Gasteiger partial charge on any atom is -0.872 e. The van der Waals surface area contributed by atoms with Crippen molar-refractivity contribution in [3.8, 4) is 5.75 Å². The van der Waals surface area contributed by atoms with E-state index in [-0.39, 0.29) is 11.3 Å². The van der Waals surface area contributed by atoms with E-state index in [1.54, 1.807) is 20.0 Å². The molecule has 0 aliphatic heterocycles. The number of aromatic nitrogens is 1. The van der Waals surface area contributed by atoms with Crippen molar-refractivity contribution in [3.05, 3.63) is 53.3 Å². The van der Waals surface area contributed by atoms with Crippen molar-refractivity contribution in [3.63, 3.8) is 0 Å². The number of rotatable bonds is 1. The van der Waals surface area contributed by atoms with Gasteiger partial charge in [0.25, 0.3) is 0 Å². The number of hydrogen-bond donors (Lipinski definition) is 2. The van der Waals surface area contributed by atoms with Gasteiger partial charge in [-0.2, -0.15) is 0 Å². The molecule has 0 saturated carbocycles. The number of carboxylic acids is 1. The highest BCUT2D eigenvalue weighted by Gasteiger charge is 2.03. The molecule has 1 aromatic carbocycles. The topological polar surface area (TPSA) is 101 Å². The number of carboxylic acid groups (broad SMARTS) is 1. The van der Waals surface area contributed by atoms with Crippen molar-refractivity contribution >= 4 is 11.7 Å². The molecule has 0 aliphatic carbocycles. The van der Waals surface area contributed by atoms with Crippen LogP contribution >= 0.6 is 0 Å². The van der Waals surface area contributed by atoms with Gasteiger partial charge < -0.3 is 15.9 Å². The zero-order valence-electron chi connectivity index (χ0n) is 10.8. The van der Waals surface area contributed by atoms with Crippen LogP contribution in [0.25, 0.3) is 0 Å². The second kappa shape index (κ2) is 6.39. The minimum absolute atomic E-state index is 0.0833. The first kappa shape index (κ1) is 14.5. The summed E-state index contributed by atoms with van der Waals surface area (Å²) in [5, 5.41) is 19.8. The number of hydrogen-bond acceptors (Lipinski definition) is 3. The highest BCUT2D eigenvalue weighted by Crippen LogP contribution is 2.19. The van der Waals surface area contributed by atoms with Gasteiger partial charge >= 0.3 is 5.97 Å². The molecule has 5 nitrogen and oxygen atoms in total. The molecule has 0 saturated heterocycles. The Balaban J connectivity index is 0.000000218. The summed E-state index contributed by atoms with van der Waals surface area (Å²) in [5.74, 6) is -1.08. The molecule has 1 heterocycles. The number of nitrogen functional groups attached to an aromatic ring is 1. The van der Waals surface area contributed by atoms with Gasteiger partial charge in [-0.3, -0.25) is 0 Å². The predicted molar refractivity (Wildman–Crippen MR) is 69.7 cm³/mol. The van der Waals surface area contributed by atoms with Crippen molar-refractivity contribution in [2.75, 3.05) is 5.73 Å². The Kier molecular flexibility index (Phi) is 4.88. The first-order valence-electron chi connectivity index (χ1n) is 5.65. The minimum atomic E-state index is -0.999. The Morgan fingerprint density at radius 1 is 1.32 bits per heavy atom. The monoisotopic (exact) mass is 260 g/mol. The van der Waals surface area contributed by atoms with Gasteiger partial charge in [-0.1, -0.05) is 11.1 Å². The average molecular weight is 260 g/mol. The van der Waals surface area contributed by atoms with Gasteiger partial charge in [-0.05, 0) is 32.0 Å². The fourth-order valence-corrected chi connectivity index (χ4v) is 1.48. The summed E-state index contributed by atoms with van der Waals surface area (Å²) in [7, 11) is 0. The van der Waals surface area contributed by atoms with E-state index in [1.165, 1.54) is 12.1 Å². The van der Waals surface area contributed by atoms with Crippen molar-refractivity contribution in [2.45, 2.75) is 13.8 Å². The molecule has 5 heteroatoms. The number of H-pyrrole nitrogens is 1. The van der Waals surface area contributed by atoms with Crippen LogP contribution in [0.2, 0.25) is 0 Å². The number of aromatic carboxylic acids is 1. The van der Waals surface area contributed by atoms with Gasteiger partial charge in [0.2, 0.25) is 0 Å². The molecule has 0 aliphatic rings. The lowest BCUT2D eigenvalue weighted by atomic mass is 10.1. The molecule has 0 bridgehead atoms. The fraction of sp³-hybridized carbons (Fsp3) is 0.143. The molecule has 0 unspecified atom stereocenters. The zero-order chi connectivity index (χ0) is 14.4. The SMILES string of the molecule is Cc1cc(C(=O)O)cc(C)c1[O-].Nc1ccc[nH+]c1. The summed E-state index contributed by atoms with van der Waals surface area (Å²) in [4.78, 5) is 13.4. The molecule has 0 fully saturated rings. The first-order chi connectivity index (χ1) is 8.91. The summed E-state index contributed by atoms with van der Waals surface area (Å²) in [5.41, 5.74) is 7.22. The molecule has 100 valence electrons. The van der Waals surface area contributed by atoms with Crippen molar-refractivity contribution in [1.29, 1.82) is 0 Å². The quantitative estimate of drug-likeness (QED) is 0.803. The summed E-state index contributed by atoms with van der Waals surface area (Å²) < 4.78 is 0. The molecule has 2 aromatic rings. The largest absolute Gasteiger partial charge is 0.872 e. The number of carbonyl (C=O) groups is 1. The van der Waals surface area contributed by atoms with Crippen molar-refractivity contribution in [1.82, 2.24) is 0 Å².